The van der Waals surface area contributed by atoms with Gasteiger partial charge in [0.1, 0.15) is 0 Å². The first-order chi connectivity index (χ1) is 14.5. The summed E-state index contributed by atoms with van der Waals surface area (Å²) in [7, 11) is -3.56. The summed E-state index contributed by atoms with van der Waals surface area (Å²) in [4.78, 5) is 15.3. The Morgan fingerprint density at radius 2 is 1.73 bits per heavy atom. The Morgan fingerprint density at radius 3 is 2.37 bits per heavy atom. The number of amides is 1. The molecule has 1 fully saturated rings. The highest BCUT2D eigenvalue weighted by Gasteiger charge is 2.33. The van der Waals surface area contributed by atoms with Crippen molar-refractivity contribution in [3.8, 4) is 0 Å². The van der Waals surface area contributed by atoms with Crippen LogP contribution in [-0.4, -0.2) is 44.8 Å². The molecule has 1 unspecified atom stereocenters. The van der Waals surface area contributed by atoms with Crippen LogP contribution >= 0.6 is 0 Å². The largest absolute Gasteiger partial charge is 0.372 e. The van der Waals surface area contributed by atoms with Crippen LogP contribution in [0.25, 0.3) is 0 Å². The summed E-state index contributed by atoms with van der Waals surface area (Å²) < 4.78 is 27.2. The van der Waals surface area contributed by atoms with Crippen LogP contribution in [-0.2, 0) is 21.4 Å². The van der Waals surface area contributed by atoms with E-state index in [1.807, 2.05) is 12.1 Å². The fourth-order valence-corrected chi connectivity index (χ4v) is 5.41. The second kappa shape index (κ2) is 10.1. The van der Waals surface area contributed by atoms with Gasteiger partial charge < -0.3 is 10.2 Å². The van der Waals surface area contributed by atoms with E-state index in [2.05, 4.69) is 36.2 Å². The number of benzene rings is 2. The molecule has 0 aliphatic carbocycles. The van der Waals surface area contributed by atoms with Gasteiger partial charge in [0.15, 0.2) is 0 Å². The quantitative estimate of drug-likeness (QED) is 0.699. The maximum Gasteiger partial charge on any atom is 0.243 e. The van der Waals surface area contributed by atoms with Crippen molar-refractivity contribution in [3.05, 3.63) is 60.2 Å². The van der Waals surface area contributed by atoms with E-state index in [4.69, 9.17) is 0 Å². The molecule has 0 bridgehead atoms. The lowest BCUT2D eigenvalue weighted by atomic mass is 9.98. The van der Waals surface area contributed by atoms with Gasteiger partial charge in [-0.3, -0.25) is 4.79 Å². The average molecular weight is 430 g/mol. The second-order valence-corrected chi connectivity index (χ2v) is 9.51. The highest BCUT2D eigenvalue weighted by molar-refractivity contribution is 7.89. The fraction of sp³-hybridized carbons (Fsp3) is 0.435. The zero-order valence-corrected chi connectivity index (χ0v) is 18.6. The zero-order chi connectivity index (χ0) is 21.6. The Hall–Kier alpha value is -2.38. The number of hydrogen-bond donors (Lipinski definition) is 1. The van der Waals surface area contributed by atoms with Crippen molar-refractivity contribution in [1.82, 2.24) is 9.62 Å². The average Bonchev–Trinajstić information content (AvgIpc) is 2.80. The topological polar surface area (TPSA) is 69.7 Å². The molecular weight excluding hydrogens is 398 g/mol. The standard InChI is InChI=1S/C23H31N3O3S/c1-3-25(4-2)21-14-12-19(13-15-21)17-24-23(27)20-9-8-16-26(18-20)30(28,29)22-10-6-5-7-11-22/h5-7,10-15,20H,3-4,8-9,16-18H2,1-2H3,(H,24,27). The van der Waals surface area contributed by atoms with Crippen LogP contribution in [0.1, 0.15) is 32.3 Å². The molecule has 1 aliphatic rings. The Morgan fingerprint density at radius 1 is 1.07 bits per heavy atom. The van der Waals surface area contributed by atoms with Gasteiger partial charge in [-0.1, -0.05) is 30.3 Å². The predicted octanol–water partition coefficient (Wildman–Crippen LogP) is 3.25. The van der Waals surface area contributed by atoms with Crippen LogP contribution in [0.5, 0.6) is 0 Å². The number of rotatable bonds is 8. The van der Waals surface area contributed by atoms with Crippen LogP contribution in [0.2, 0.25) is 0 Å². The summed E-state index contributed by atoms with van der Waals surface area (Å²) in [6.07, 6.45) is 1.39. The van der Waals surface area contributed by atoms with Crippen LogP contribution in [0.3, 0.4) is 0 Å². The molecule has 2 aromatic rings. The second-order valence-electron chi connectivity index (χ2n) is 7.57. The minimum Gasteiger partial charge on any atom is -0.372 e. The number of sulfonamides is 1. The smallest absolute Gasteiger partial charge is 0.243 e. The SMILES string of the molecule is CCN(CC)c1ccc(CNC(=O)C2CCCN(S(=O)(=O)c3ccccc3)C2)cc1. The van der Waals surface area contributed by atoms with E-state index in [1.165, 1.54) is 9.99 Å². The number of piperidine rings is 1. The molecule has 1 amide bonds. The lowest BCUT2D eigenvalue weighted by Crippen LogP contribution is -2.45. The molecule has 6 nitrogen and oxygen atoms in total. The van der Waals surface area contributed by atoms with Crippen molar-refractivity contribution in [3.63, 3.8) is 0 Å². The molecule has 7 heteroatoms. The van der Waals surface area contributed by atoms with E-state index in [0.29, 0.717) is 25.9 Å². The van der Waals surface area contributed by atoms with Crippen molar-refractivity contribution in [2.75, 3.05) is 31.1 Å². The van der Waals surface area contributed by atoms with Gasteiger partial charge >= 0.3 is 0 Å². The highest BCUT2D eigenvalue weighted by Crippen LogP contribution is 2.24. The predicted molar refractivity (Wildman–Crippen MR) is 120 cm³/mol. The molecule has 1 aliphatic heterocycles. The maximum absolute atomic E-state index is 12.9. The Balaban J connectivity index is 1.58. The molecule has 0 radical (unpaired) electrons. The normalized spacial score (nSPS) is 17.5. The first kappa shape index (κ1) is 22.3. The number of anilines is 1. The van der Waals surface area contributed by atoms with Crippen LogP contribution < -0.4 is 10.2 Å². The van der Waals surface area contributed by atoms with E-state index in [1.54, 1.807) is 30.3 Å². The number of hydrogen-bond acceptors (Lipinski definition) is 4. The molecule has 1 heterocycles. The van der Waals surface area contributed by atoms with Crippen LogP contribution in [0.4, 0.5) is 5.69 Å². The zero-order valence-electron chi connectivity index (χ0n) is 17.8. The van der Waals surface area contributed by atoms with Gasteiger partial charge in [0.05, 0.1) is 10.8 Å². The third-order valence-corrected chi connectivity index (χ3v) is 7.55. The molecule has 1 atom stereocenters. The number of carbonyl (C=O) groups is 1. The van der Waals surface area contributed by atoms with Crippen molar-refractivity contribution in [1.29, 1.82) is 0 Å². The lowest BCUT2D eigenvalue weighted by Gasteiger charge is -2.31. The van der Waals surface area contributed by atoms with E-state index in [0.717, 1.165) is 18.7 Å². The monoisotopic (exact) mass is 429 g/mol. The van der Waals surface area contributed by atoms with Gasteiger partial charge in [0.2, 0.25) is 15.9 Å². The Bertz CT molecular complexity index is 926. The van der Waals surface area contributed by atoms with E-state index in [-0.39, 0.29) is 23.3 Å². The molecule has 162 valence electrons. The van der Waals surface area contributed by atoms with Gasteiger partial charge in [-0.2, -0.15) is 4.31 Å². The first-order valence-corrected chi connectivity index (χ1v) is 12.1. The van der Waals surface area contributed by atoms with E-state index < -0.39 is 10.0 Å². The van der Waals surface area contributed by atoms with Crippen molar-refractivity contribution >= 4 is 21.6 Å². The molecular formula is C23H31N3O3S. The number of carbonyl (C=O) groups excluding carboxylic acids is 1. The van der Waals surface area contributed by atoms with Gasteiger partial charge in [-0.05, 0) is 56.5 Å². The van der Waals surface area contributed by atoms with Crippen LogP contribution in [0.15, 0.2) is 59.5 Å². The van der Waals surface area contributed by atoms with Crippen molar-refractivity contribution in [2.24, 2.45) is 5.92 Å². The molecule has 0 saturated carbocycles. The van der Waals surface area contributed by atoms with E-state index in [9.17, 15) is 13.2 Å². The summed E-state index contributed by atoms with van der Waals surface area (Å²) in [6.45, 7) is 7.29. The number of nitrogens with one attached hydrogen (secondary N) is 1. The first-order valence-electron chi connectivity index (χ1n) is 10.6. The highest BCUT2D eigenvalue weighted by atomic mass is 32.2. The minimum absolute atomic E-state index is 0.0872. The summed E-state index contributed by atoms with van der Waals surface area (Å²) >= 11 is 0. The van der Waals surface area contributed by atoms with E-state index >= 15 is 0 Å². The third kappa shape index (κ3) is 5.21. The molecule has 2 aromatic carbocycles. The molecule has 1 saturated heterocycles. The summed E-state index contributed by atoms with van der Waals surface area (Å²) in [5.41, 5.74) is 2.20. The summed E-state index contributed by atoms with van der Waals surface area (Å²) in [5, 5.41) is 2.98. The Labute approximate surface area is 179 Å². The van der Waals surface area contributed by atoms with Crippen LogP contribution in [0, 0.1) is 5.92 Å². The van der Waals surface area contributed by atoms with Gasteiger partial charge in [-0.15, -0.1) is 0 Å². The van der Waals surface area contributed by atoms with Crippen molar-refractivity contribution < 1.29 is 13.2 Å². The van der Waals surface area contributed by atoms with Gasteiger partial charge in [0.25, 0.3) is 0 Å². The molecule has 1 N–H and O–H groups in total. The molecule has 0 spiro atoms. The summed E-state index contributed by atoms with van der Waals surface area (Å²) in [5.74, 6) is -0.414. The fourth-order valence-electron chi connectivity index (χ4n) is 3.86. The van der Waals surface area contributed by atoms with Gasteiger partial charge in [0, 0.05) is 38.4 Å². The number of nitrogens with zero attached hydrogens (tertiary/aromatic N) is 2. The maximum atomic E-state index is 12.9. The lowest BCUT2D eigenvalue weighted by molar-refractivity contribution is -0.126. The summed E-state index contributed by atoms with van der Waals surface area (Å²) in [6, 6.07) is 16.6. The minimum atomic E-state index is -3.56. The third-order valence-electron chi connectivity index (χ3n) is 5.67. The molecule has 0 aromatic heterocycles. The molecule has 30 heavy (non-hydrogen) atoms. The Kier molecular flexibility index (Phi) is 7.50. The van der Waals surface area contributed by atoms with Gasteiger partial charge in [-0.25, -0.2) is 8.42 Å². The van der Waals surface area contributed by atoms with Crippen molar-refractivity contribution in [2.45, 2.75) is 38.1 Å². The molecule has 3 rings (SSSR count).